The standard InChI is InChI=1S/C15H17N3O3/c1-9-6-11(13(21-3)7-10(9)2)8-16-15(20)12-4-5-14(19)18-17-12/h4-7H,8H2,1-3H3,(H,16,20)(H,18,19). The number of hydrogen-bond acceptors (Lipinski definition) is 4. The minimum Gasteiger partial charge on any atom is -0.496 e. The third-order valence-corrected chi connectivity index (χ3v) is 3.25. The summed E-state index contributed by atoms with van der Waals surface area (Å²) in [5, 5.41) is 8.66. The molecular weight excluding hydrogens is 270 g/mol. The molecule has 2 aromatic rings. The van der Waals surface area contributed by atoms with Crippen LogP contribution >= 0.6 is 0 Å². The fraction of sp³-hybridized carbons (Fsp3) is 0.267. The molecule has 0 aliphatic rings. The van der Waals surface area contributed by atoms with Gasteiger partial charge in [0.15, 0.2) is 0 Å². The summed E-state index contributed by atoms with van der Waals surface area (Å²) in [5.74, 6) is 0.374. The molecule has 2 N–H and O–H groups in total. The lowest BCUT2D eigenvalue weighted by atomic mass is 10.0. The van der Waals surface area contributed by atoms with E-state index < -0.39 is 0 Å². The Morgan fingerprint density at radius 1 is 1.29 bits per heavy atom. The Kier molecular flexibility index (Phi) is 4.37. The van der Waals surface area contributed by atoms with Crippen molar-refractivity contribution in [1.29, 1.82) is 0 Å². The lowest BCUT2D eigenvalue weighted by Gasteiger charge is -2.12. The van der Waals surface area contributed by atoms with Gasteiger partial charge in [0.1, 0.15) is 11.4 Å². The number of ether oxygens (including phenoxy) is 1. The van der Waals surface area contributed by atoms with Gasteiger partial charge in [-0.1, -0.05) is 6.07 Å². The molecule has 0 bridgehead atoms. The molecule has 0 unspecified atom stereocenters. The highest BCUT2D eigenvalue weighted by molar-refractivity contribution is 5.91. The Balaban J connectivity index is 2.12. The van der Waals surface area contributed by atoms with Crippen LogP contribution in [0.3, 0.4) is 0 Å². The van der Waals surface area contributed by atoms with Gasteiger partial charge in [0.05, 0.1) is 7.11 Å². The summed E-state index contributed by atoms with van der Waals surface area (Å²) in [7, 11) is 1.60. The van der Waals surface area contributed by atoms with Gasteiger partial charge in [-0.15, -0.1) is 0 Å². The molecule has 0 saturated carbocycles. The topological polar surface area (TPSA) is 84.1 Å². The Morgan fingerprint density at radius 2 is 2.00 bits per heavy atom. The monoisotopic (exact) mass is 287 g/mol. The summed E-state index contributed by atoms with van der Waals surface area (Å²) < 4.78 is 5.32. The highest BCUT2D eigenvalue weighted by atomic mass is 16.5. The minimum atomic E-state index is -0.355. The second kappa shape index (κ2) is 6.21. The highest BCUT2D eigenvalue weighted by Crippen LogP contribution is 2.22. The van der Waals surface area contributed by atoms with Gasteiger partial charge in [-0.05, 0) is 37.1 Å². The maximum atomic E-state index is 11.9. The smallest absolute Gasteiger partial charge is 0.271 e. The number of hydrogen-bond donors (Lipinski definition) is 2. The van der Waals surface area contributed by atoms with Crippen molar-refractivity contribution < 1.29 is 9.53 Å². The number of carbonyl (C=O) groups is 1. The normalized spacial score (nSPS) is 10.2. The predicted molar refractivity (Wildman–Crippen MR) is 78.5 cm³/mol. The van der Waals surface area contributed by atoms with E-state index in [0.29, 0.717) is 6.54 Å². The third kappa shape index (κ3) is 3.47. The number of amides is 1. The second-order valence-electron chi connectivity index (χ2n) is 4.74. The Hall–Kier alpha value is -2.63. The number of aryl methyl sites for hydroxylation is 2. The number of carbonyl (C=O) groups excluding carboxylic acids is 1. The number of methoxy groups -OCH3 is 1. The third-order valence-electron chi connectivity index (χ3n) is 3.25. The fourth-order valence-corrected chi connectivity index (χ4v) is 1.91. The highest BCUT2D eigenvalue weighted by Gasteiger charge is 2.10. The number of benzene rings is 1. The predicted octanol–water partition coefficient (Wildman–Crippen LogP) is 1.33. The van der Waals surface area contributed by atoms with Crippen LogP contribution in [0.25, 0.3) is 0 Å². The van der Waals surface area contributed by atoms with Gasteiger partial charge in [-0.25, -0.2) is 5.10 Å². The van der Waals surface area contributed by atoms with Gasteiger partial charge in [-0.3, -0.25) is 9.59 Å². The van der Waals surface area contributed by atoms with Crippen LogP contribution in [0.5, 0.6) is 5.75 Å². The zero-order chi connectivity index (χ0) is 15.4. The zero-order valence-corrected chi connectivity index (χ0v) is 12.2. The quantitative estimate of drug-likeness (QED) is 0.888. The van der Waals surface area contributed by atoms with E-state index in [1.165, 1.54) is 12.1 Å². The molecule has 0 aliphatic heterocycles. The summed E-state index contributed by atoms with van der Waals surface area (Å²) in [6, 6.07) is 6.56. The molecule has 6 heteroatoms. The van der Waals surface area contributed by atoms with Crippen LogP contribution in [0, 0.1) is 13.8 Å². The van der Waals surface area contributed by atoms with Crippen LogP contribution in [-0.2, 0) is 6.54 Å². The molecule has 1 aromatic heterocycles. The molecule has 0 saturated heterocycles. The molecule has 110 valence electrons. The van der Waals surface area contributed by atoms with Gasteiger partial charge in [0, 0.05) is 18.2 Å². The summed E-state index contributed by atoms with van der Waals surface area (Å²) in [5.41, 5.74) is 2.96. The van der Waals surface area contributed by atoms with E-state index in [2.05, 4.69) is 15.5 Å². The van der Waals surface area contributed by atoms with Crippen LogP contribution in [0.15, 0.2) is 29.1 Å². The summed E-state index contributed by atoms with van der Waals surface area (Å²) in [6.45, 7) is 4.33. The van der Waals surface area contributed by atoms with Crippen LogP contribution in [0.2, 0.25) is 0 Å². The molecule has 6 nitrogen and oxygen atoms in total. The van der Waals surface area contributed by atoms with E-state index in [9.17, 15) is 9.59 Å². The van der Waals surface area contributed by atoms with E-state index in [-0.39, 0.29) is 17.2 Å². The molecule has 0 fully saturated rings. The lowest BCUT2D eigenvalue weighted by Crippen LogP contribution is -2.25. The van der Waals surface area contributed by atoms with Crippen molar-refractivity contribution >= 4 is 5.91 Å². The van der Waals surface area contributed by atoms with Gasteiger partial charge >= 0.3 is 0 Å². The first-order chi connectivity index (χ1) is 10.0. The maximum absolute atomic E-state index is 11.9. The van der Waals surface area contributed by atoms with Gasteiger partial charge in [0.2, 0.25) is 0 Å². The van der Waals surface area contributed by atoms with Gasteiger partial charge in [-0.2, -0.15) is 5.10 Å². The maximum Gasteiger partial charge on any atom is 0.271 e. The number of nitrogens with zero attached hydrogens (tertiary/aromatic N) is 1. The first-order valence-electron chi connectivity index (χ1n) is 6.49. The fourth-order valence-electron chi connectivity index (χ4n) is 1.91. The van der Waals surface area contributed by atoms with Crippen molar-refractivity contribution in [2.24, 2.45) is 0 Å². The summed E-state index contributed by atoms with van der Waals surface area (Å²) in [6.07, 6.45) is 0. The van der Waals surface area contributed by atoms with E-state index >= 15 is 0 Å². The SMILES string of the molecule is COc1cc(C)c(C)cc1CNC(=O)c1ccc(=O)[nH]n1. The van der Waals surface area contributed by atoms with Gasteiger partial charge < -0.3 is 10.1 Å². The molecule has 2 rings (SSSR count). The van der Waals surface area contributed by atoms with Crippen molar-refractivity contribution in [1.82, 2.24) is 15.5 Å². The molecule has 0 spiro atoms. The number of nitrogens with one attached hydrogen (secondary N) is 2. The van der Waals surface area contributed by atoms with Crippen LogP contribution in [-0.4, -0.2) is 23.2 Å². The molecule has 21 heavy (non-hydrogen) atoms. The Morgan fingerprint density at radius 3 is 2.62 bits per heavy atom. The molecule has 1 aromatic carbocycles. The van der Waals surface area contributed by atoms with Crippen molar-refractivity contribution in [2.75, 3.05) is 7.11 Å². The molecule has 0 aliphatic carbocycles. The minimum absolute atomic E-state index is 0.164. The van der Waals surface area contributed by atoms with Crippen molar-refractivity contribution in [3.05, 3.63) is 57.0 Å². The molecular formula is C15H17N3O3. The van der Waals surface area contributed by atoms with Crippen LogP contribution < -0.4 is 15.6 Å². The largest absolute Gasteiger partial charge is 0.496 e. The summed E-state index contributed by atoms with van der Waals surface area (Å²) >= 11 is 0. The van der Waals surface area contributed by atoms with Crippen LogP contribution in [0.1, 0.15) is 27.2 Å². The van der Waals surface area contributed by atoms with E-state index in [0.717, 1.165) is 22.4 Å². The average molecular weight is 287 g/mol. The van der Waals surface area contributed by atoms with E-state index in [1.807, 2.05) is 26.0 Å². The Bertz CT molecular complexity index is 702. The van der Waals surface area contributed by atoms with Crippen molar-refractivity contribution in [2.45, 2.75) is 20.4 Å². The van der Waals surface area contributed by atoms with E-state index in [1.54, 1.807) is 7.11 Å². The average Bonchev–Trinajstić information content (AvgIpc) is 2.48. The number of aromatic amines is 1. The molecule has 1 amide bonds. The zero-order valence-electron chi connectivity index (χ0n) is 12.2. The first-order valence-corrected chi connectivity index (χ1v) is 6.49. The lowest BCUT2D eigenvalue weighted by molar-refractivity contribution is 0.0944. The summed E-state index contributed by atoms with van der Waals surface area (Å²) in [4.78, 5) is 22.9. The number of rotatable bonds is 4. The van der Waals surface area contributed by atoms with Gasteiger partial charge in [0.25, 0.3) is 11.5 Å². The Labute approximate surface area is 122 Å². The first kappa shape index (κ1) is 14.8. The van der Waals surface area contributed by atoms with Crippen molar-refractivity contribution in [3.8, 4) is 5.75 Å². The number of aromatic nitrogens is 2. The molecule has 1 heterocycles. The number of H-pyrrole nitrogens is 1. The second-order valence-corrected chi connectivity index (χ2v) is 4.74. The van der Waals surface area contributed by atoms with Crippen LogP contribution in [0.4, 0.5) is 0 Å². The molecule has 0 radical (unpaired) electrons. The molecule has 0 atom stereocenters. The van der Waals surface area contributed by atoms with Crippen molar-refractivity contribution in [3.63, 3.8) is 0 Å². The van der Waals surface area contributed by atoms with E-state index in [4.69, 9.17) is 4.74 Å².